The molecule has 0 spiro atoms. The minimum atomic E-state index is 0.588. The molecule has 114 valence electrons. The van der Waals surface area contributed by atoms with Crippen molar-refractivity contribution in [3.8, 4) is 0 Å². The lowest BCUT2D eigenvalue weighted by Crippen LogP contribution is -2.24. The Balaban J connectivity index is 1.35. The van der Waals surface area contributed by atoms with E-state index in [1.54, 1.807) is 0 Å². The van der Waals surface area contributed by atoms with Crippen molar-refractivity contribution in [3.63, 3.8) is 0 Å². The smallest absolute Gasteiger partial charge is 0.0548 e. The quantitative estimate of drug-likeness (QED) is 0.588. The van der Waals surface area contributed by atoms with Gasteiger partial charge < -0.3 is 10.2 Å². The van der Waals surface area contributed by atoms with Crippen molar-refractivity contribution < 1.29 is 0 Å². The molecule has 0 bridgehead atoms. The predicted octanol–water partition coefficient (Wildman–Crippen LogP) is 2.24. The maximum atomic E-state index is 4.52. The molecule has 0 atom stereocenters. The Kier molecular flexibility index (Phi) is 5.35. The third-order valence-electron chi connectivity index (χ3n) is 4.15. The third kappa shape index (κ3) is 5.21. The maximum Gasteiger partial charge on any atom is 0.0548 e. The zero-order valence-electron chi connectivity index (χ0n) is 12.8. The summed E-state index contributed by atoms with van der Waals surface area (Å²) in [5.74, 6) is 0. The van der Waals surface area contributed by atoms with Crippen LogP contribution in [0.25, 0.3) is 0 Å². The average molecular weight is 286 g/mol. The Labute approximate surface area is 127 Å². The second-order valence-corrected chi connectivity index (χ2v) is 6.17. The summed E-state index contributed by atoms with van der Waals surface area (Å²) < 4.78 is 0. The number of aliphatic imine (C=N–C) groups is 1. The molecule has 1 saturated carbocycles. The van der Waals surface area contributed by atoms with Crippen LogP contribution in [-0.2, 0) is 6.54 Å². The second kappa shape index (κ2) is 7.66. The molecule has 4 heteroatoms. The van der Waals surface area contributed by atoms with Gasteiger partial charge in [0, 0.05) is 19.0 Å². The highest BCUT2D eigenvalue weighted by molar-refractivity contribution is 5.79. The van der Waals surface area contributed by atoms with Crippen LogP contribution in [0.15, 0.2) is 23.3 Å². The Morgan fingerprint density at radius 1 is 1.33 bits per heavy atom. The van der Waals surface area contributed by atoms with E-state index in [1.165, 1.54) is 57.3 Å². The van der Waals surface area contributed by atoms with Gasteiger partial charge in [0.1, 0.15) is 0 Å². The van der Waals surface area contributed by atoms with Crippen LogP contribution in [0.5, 0.6) is 0 Å². The van der Waals surface area contributed by atoms with E-state index in [9.17, 15) is 0 Å². The molecule has 1 aromatic heterocycles. The van der Waals surface area contributed by atoms with Gasteiger partial charge >= 0.3 is 0 Å². The Morgan fingerprint density at radius 2 is 2.19 bits per heavy atom. The summed E-state index contributed by atoms with van der Waals surface area (Å²) in [5.41, 5.74) is 2.28. The summed E-state index contributed by atoms with van der Waals surface area (Å²) in [6.07, 6.45) is 10.4. The molecule has 1 aliphatic carbocycles. The number of nitrogens with zero attached hydrogens (tertiary/aromatic N) is 3. The standard InChI is InChI=1S/C17H26N4/c1-2-10-21(9-1)11-3-7-18-14-17-12-15(6-8-19-17)13-20-16-4-5-16/h6,8,12-13,16,18H,1-5,7,9-11,14H2. The summed E-state index contributed by atoms with van der Waals surface area (Å²) in [6, 6.07) is 4.76. The van der Waals surface area contributed by atoms with Crippen molar-refractivity contribution in [3.05, 3.63) is 29.6 Å². The van der Waals surface area contributed by atoms with Gasteiger partial charge in [-0.3, -0.25) is 9.98 Å². The molecule has 2 fully saturated rings. The molecule has 1 N–H and O–H groups in total. The number of aromatic nitrogens is 1. The topological polar surface area (TPSA) is 40.5 Å². The molecular formula is C17H26N4. The van der Waals surface area contributed by atoms with Crippen LogP contribution in [0.1, 0.15) is 43.4 Å². The molecule has 2 aliphatic rings. The Morgan fingerprint density at radius 3 is 3.00 bits per heavy atom. The van der Waals surface area contributed by atoms with Crippen molar-refractivity contribution in [1.29, 1.82) is 0 Å². The van der Waals surface area contributed by atoms with Gasteiger partial charge in [-0.15, -0.1) is 0 Å². The van der Waals surface area contributed by atoms with E-state index in [0.717, 1.165) is 18.8 Å². The zero-order chi connectivity index (χ0) is 14.3. The summed E-state index contributed by atoms with van der Waals surface area (Å²) in [5, 5.41) is 3.50. The molecule has 1 saturated heterocycles. The minimum absolute atomic E-state index is 0.588. The van der Waals surface area contributed by atoms with Gasteiger partial charge in [0.05, 0.1) is 11.7 Å². The van der Waals surface area contributed by atoms with Gasteiger partial charge in [-0.25, -0.2) is 0 Å². The maximum absolute atomic E-state index is 4.52. The first-order valence-electron chi connectivity index (χ1n) is 8.31. The van der Waals surface area contributed by atoms with Crippen LogP contribution >= 0.6 is 0 Å². The lowest BCUT2D eigenvalue weighted by atomic mass is 10.2. The SMILES string of the molecule is C(=NC1CC1)c1ccnc(CNCCCN2CCCC2)c1. The van der Waals surface area contributed by atoms with E-state index in [0.29, 0.717) is 6.04 Å². The summed E-state index contributed by atoms with van der Waals surface area (Å²) in [4.78, 5) is 11.5. The van der Waals surface area contributed by atoms with E-state index in [2.05, 4.69) is 26.3 Å². The molecular weight excluding hydrogens is 260 g/mol. The van der Waals surface area contributed by atoms with E-state index >= 15 is 0 Å². The molecule has 0 amide bonds. The van der Waals surface area contributed by atoms with Crippen LogP contribution in [0.4, 0.5) is 0 Å². The summed E-state index contributed by atoms with van der Waals surface area (Å²) in [7, 11) is 0. The summed E-state index contributed by atoms with van der Waals surface area (Å²) in [6.45, 7) is 5.74. The van der Waals surface area contributed by atoms with E-state index in [1.807, 2.05) is 18.5 Å². The highest BCUT2D eigenvalue weighted by Crippen LogP contribution is 2.23. The number of rotatable bonds is 8. The van der Waals surface area contributed by atoms with Crippen LogP contribution in [0.2, 0.25) is 0 Å². The largest absolute Gasteiger partial charge is 0.311 e. The first-order chi connectivity index (χ1) is 10.4. The van der Waals surface area contributed by atoms with Crippen molar-refractivity contribution >= 4 is 6.21 Å². The van der Waals surface area contributed by atoms with E-state index < -0.39 is 0 Å². The number of pyridine rings is 1. The first-order valence-corrected chi connectivity index (χ1v) is 8.31. The van der Waals surface area contributed by atoms with Gasteiger partial charge in [0.25, 0.3) is 0 Å². The van der Waals surface area contributed by atoms with Crippen LogP contribution in [-0.4, -0.2) is 48.3 Å². The molecule has 0 unspecified atom stereocenters. The number of likely N-dealkylation sites (tertiary alicyclic amines) is 1. The highest BCUT2D eigenvalue weighted by atomic mass is 15.1. The Bertz CT molecular complexity index is 462. The van der Waals surface area contributed by atoms with E-state index in [-0.39, 0.29) is 0 Å². The fourth-order valence-electron chi connectivity index (χ4n) is 2.74. The number of hydrogen-bond acceptors (Lipinski definition) is 4. The van der Waals surface area contributed by atoms with Crippen LogP contribution in [0, 0.1) is 0 Å². The molecule has 0 aromatic carbocycles. The lowest BCUT2D eigenvalue weighted by molar-refractivity contribution is 0.331. The minimum Gasteiger partial charge on any atom is -0.311 e. The normalized spacial score (nSPS) is 19.6. The van der Waals surface area contributed by atoms with Gasteiger partial charge in [-0.2, -0.15) is 0 Å². The lowest BCUT2D eigenvalue weighted by Gasteiger charge is -2.14. The van der Waals surface area contributed by atoms with Crippen molar-refractivity contribution in [1.82, 2.24) is 15.2 Å². The molecule has 1 aromatic rings. The molecule has 3 rings (SSSR count). The Hall–Kier alpha value is -1.26. The van der Waals surface area contributed by atoms with Gasteiger partial charge in [0.2, 0.25) is 0 Å². The third-order valence-corrected chi connectivity index (χ3v) is 4.15. The van der Waals surface area contributed by atoms with Gasteiger partial charge in [-0.1, -0.05) is 0 Å². The molecule has 0 radical (unpaired) electrons. The summed E-state index contributed by atoms with van der Waals surface area (Å²) >= 11 is 0. The van der Waals surface area contributed by atoms with Crippen molar-refractivity contribution in [2.24, 2.45) is 4.99 Å². The van der Waals surface area contributed by atoms with Crippen LogP contribution in [0.3, 0.4) is 0 Å². The predicted molar refractivity (Wildman–Crippen MR) is 86.9 cm³/mol. The molecule has 1 aliphatic heterocycles. The fraction of sp³-hybridized carbons (Fsp3) is 0.647. The van der Waals surface area contributed by atoms with Crippen LogP contribution < -0.4 is 5.32 Å². The fourth-order valence-corrected chi connectivity index (χ4v) is 2.74. The van der Waals surface area contributed by atoms with Gasteiger partial charge in [0.15, 0.2) is 0 Å². The second-order valence-electron chi connectivity index (χ2n) is 6.17. The van der Waals surface area contributed by atoms with Crippen molar-refractivity contribution in [2.45, 2.75) is 44.7 Å². The zero-order valence-corrected chi connectivity index (χ0v) is 12.8. The molecule has 4 nitrogen and oxygen atoms in total. The van der Waals surface area contributed by atoms with E-state index in [4.69, 9.17) is 0 Å². The number of hydrogen-bond donors (Lipinski definition) is 1. The monoisotopic (exact) mass is 286 g/mol. The van der Waals surface area contributed by atoms with Gasteiger partial charge in [-0.05, 0) is 76.0 Å². The number of nitrogens with one attached hydrogen (secondary N) is 1. The first kappa shape index (κ1) is 14.7. The average Bonchev–Trinajstić information content (AvgIpc) is 3.20. The molecule has 2 heterocycles. The highest BCUT2D eigenvalue weighted by Gasteiger charge is 2.18. The van der Waals surface area contributed by atoms with Crippen molar-refractivity contribution in [2.75, 3.05) is 26.2 Å². The molecule has 21 heavy (non-hydrogen) atoms.